The molecule has 0 spiro atoms. The standard InChI is InChI=1S/C28H29F3N6O2S/c1-2-9-40-37-25-20(30)11-19(29)22(23(25)31)26(38)24(32)18-10-16(17-13-33-27(34-14-17)15-6-7-15)12-35-28(18)36-21-5-3-4-8-39-21/h10-15,21,32,37H,2-9H2,1H3,(H,35,36). The number of aromatic nitrogens is 3. The summed E-state index contributed by atoms with van der Waals surface area (Å²) in [6.45, 7) is 2.44. The van der Waals surface area contributed by atoms with Crippen LogP contribution in [0.25, 0.3) is 11.1 Å². The number of rotatable bonds is 11. The number of hydrogen-bond donors (Lipinski definition) is 3. The second kappa shape index (κ2) is 12.3. The van der Waals surface area contributed by atoms with Crippen LogP contribution in [0.1, 0.15) is 73.1 Å². The highest BCUT2D eigenvalue weighted by atomic mass is 32.2. The number of ketones is 1. The van der Waals surface area contributed by atoms with Crippen LogP contribution in [0.3, 0.4) is 0 Å². The topological polar surface area (TPSA) is 113 Å². The number of carbonyl (C=O) groups excluding carboxylic acids is 1. The summed E-state index contributed by atoms with van der Waals surface area (Å²) in [4.78, 5) is 26.7. The molecule has 0 bridgehead atoms. The Balaban J connectivity index is 1.50. The third-order valence-corrected chi connectivity index (χ3v) is 7.65. The van der Waals surface area contributed by atoms with Crippen LogP contribution in [-0.2, 0) is 4.74 Å². The van der Waals surface area contributed by atoms with Gasteiger partial charge in [-0.2, -0.15) is 0 Å². The average Bonchev–Trinajstić information content (AvgIpc) is 3.81. The van der Waals surface area contributed by atoms with Gasteiger partial charge in [0, 0.05) is 59.6 Å². The Morgan fingerprint density at radius 3 is 2.48 bits per heavy atom. The number of pyridine rings is 1. The first-order valence-electron chi connectivity index (χ1n) is 13.3. The van der Waals surface area contributed by atoms with Gasteiger partial charge in [-0.1, -0.05) is 18.9 Å². The van der Waals surface area contributed by atoms with Crippen LogP contribution in [0.2, 0.25) is 0 Å². The van der Waals surface area contributed by atoms with Gasteiger partial charge in [-0.05, 0) is 44.6 Å². The molecule has 2 fully saturated rings. The summed E-state index contributed by atoms with van der Waals surface area (Å²) < 4.78 is 52.8. The van der Waals surface area contributed by atoms with Gasteiger partial charge < -0.3 is 14.8 Å². The zero-order valence-electron chi connectivity index (χ0n) is 21.9. The van der Waals surface area contributed by atoms with Crippen molar-refractivity contribution in [3.8, 4) is 11.1 Å². The van der Waals surface area contributed by atoms with Gasteiger partial charge >= 0.3 is 0 Å². The molecule has 2 aromatic heterocycles. The van der Waals surface area contributed by atoms with Crippen molar-refractivity contribution in [2.75, 3.05) is 22.4 Å². The predicted molar refractivity (Wildman–Crippen MR) is 148 cm³/mol. The maximum atomic E-state index is 15.3. The van der Waals surface area contributed by atoms with E-state index in [1.165, 1.54) is 6.07 Å². The van der Waals surface area contributed by atoms with E-state index < -0.39 is 46.4 Å². The van der Waals surface area contributed by atoms with Crippen LogP contribution in [0.4, 0.5) is 24.7 Å². The summed E-state index contributed by atoms with van der Waals surface area (Å²) in [6, 6.07) is 1.98. The Kier molecular flexibility index (Phi) is 8.65. The molecule has 0 radical (unpaired) electrons. The van der Waals surface area contributed by atoms with Crippen molar-refractivity contribution in [3.63, 3.8) is 0 Å². The Hall–Kier alpha value is -3.51. The molecule has 40 heavy (non-hydrogen) atoms. The molecule has 3 heterocycles. The Bertz CT molecular complexity index is 1410. The maximum absolute atomic E-state index is 15.3. The quantitative estimate of drug-likeness (QED) is 0.104. The number of anilines is 2. The van der Waals surface area contributed by atoms with E-state index in [2.05, 4.69) is 25.0 Å². The van der Waals surface area contributed by atoms with E-state index >= 15 is 4.39 Å². The summed E-state index contributed by atoms with van der Waals surface area (Å²) in [5.41, 5.74) is -1.22. The normalized spacial score (nSPS) is 16.9. The van der Waals surface area contributed by atoms with Gasteiger partial charge in [0.15, 0.2) is 11.6 Å². The second-order valence-electron chi connectivity index (χ2n) is 9.78. The fourth-order valence-electron chi connectivity index (χ4n) is 4.34. The highest BCUT2D eigenvalue weighted by Crippen LogP contribution is 2.38. The number of Topliss-reactive ketones (excluding diaryl/α,β-unsaturated/α-hetero) is 1. The van der Waals surface area contributed by atoms with Crippen molar-refractivity contribution in [3.05, 3.63) is 65.1 Å². The third-order valence-electron chi connectivity index (χ3n) is 6.69. The van der Waals surface area contributed by atoms with Crippen LogP contribution in [0.15, 0.2) is 30.7 Å². The Morgan fingerprint density at radius 1 is 1.05 bits per heavy atom. The van der Waals surface area contributed by atoms with Crippen LogP contribution in [-0.4, -0.2) is 45.0 Å². The van der Waals surface area contributed by atoms with Crippen LogP contribution >= 0.6 is 11.9 Å². The van der Waals surface area contributed by atoms with Gasteiger partial charge in [-0.25, -0.2) is 28.1 Å². The number of halogens is 3. The number of benzene rings is 1. The van der Waals surface area contributed by atoms with Gasteiger partial charge in [0.2, 0.25) is 5.78 Å². The number of hydrogen-bond acceptors (Lipinski definition) is 9. The van der Waals surface area contributed by atoms with E-state index in [0.29, 0.717) is 41.9 Å². The van der Waals surface area contributed by atoms with E-state index in [-0.39, 0.29) is 11.4 Å². The fraction of sp³-hybridized carbons (Fsp3) is 0.393. The number of ether oxygens (including phenoxy) is 1. The lowest BCUT2D eigenvalue weighted by Gasteiger charge is -2.25. The number of nitrogens with one attached hydrogen (secondary N) is 3. The first-order chi connectivity index (χ1) is 19.4. The minimum absolute atomic E-state index is 0.0148. The summed E-state index contributed by atoms with van der Waals surface area (Å²) >= 11 is 1.03. The van der Waals surface area contributed by atoms with E-state index in [0.717, 1.165) is 49.9 Å². The molecule has 1 atom stereocenters. The van der Waals surface area contributed by atoms with Gasteiger partial charge in [-0.3, -0.25) is 10.2 Å². The molecule has 1 unspecified atom stereocenters. The monoisotopic (exact) mass is 570 g/mol. The molecule has 8 nitrogen and oxygen atoms in total. The molecule has 3 N–H and O–H groups in total. The van der Waals surface area contributed by atoms with Gasteiger partial charge in [0.1, 0.15) is 35.1 Å². The van der Waals surface area contributed by atoms with Crippen molar-refractivity contribution in [2.45, 2.75) is 57.6 Å². The van der Waals surface area contributed by atoms with Gasteiger partial charge in [0.25, 0.3) is 0 Å². The van der Waals surface area contributed by atoms with E-state index in [4.69, 9.17) is 10.1 Å². The first kappa shape index (κ1) is 28.0. The molecule has 1 aliphatic carbocycles. The molecular formula is C28H29F3N6O2S. The molecule has 1 aliphatic heterocycles. The Morgan fingerprint density at radius 2 is 1.80 bits per heavy atom. The third kappa shape index (κ3) is 6.12. The molecule has 0 amide bonds. The molecule has 2 aliphatic rings. The summed E-state index contributed by atoms with van der Waals surface area (Å²) in [5, 5.41) is 11.8. The summed E-state index contributed by atoms with van der Waals surface area (Å²) in [7, 11) is 0. The smallest absolute Gasteiger partial charge is 0.217 e. The molecule has 1 saturated heterocycles. The molecule has 210 valence electrons. The van der Waals surface area contributed by atoms with Crippen molar-refractivity contribution in [1.82, 2.24) is 15.0 Å². The van der Waals surface area contributed by atoms with E-state index in [9.17, 15) is 13.6 Å². The maximum Gasteiger partial charge on any atom is 0.217 e. The molecule has 1 saturated carbocycles. The fourth-order valence-corrected chi connectivity index (χ4v) is 4.98. The van der Waals surface area contributed by atoms with Crippen LogP contribution < -0.4 is 10.0 Å². The number of carbonyl (C=O) groups is 1. The summed E-state index contributed by atoms with van der Waals surface area (Å²) in [6.07, 6.45) is 9.81. The van der Waals surface area contributed by atoms with Crippen LogP contribution in [0, 0.1) is 22.9 Å². The largest absolute Gasteiger partial charge is 0.359 e. The average molecular weight is 571 g/mol. The minimum atomic E-state index is -1.39. The SMILES string of the molecule is CCCSNc1c(F)cc(F)c(C(=O)C(=N)c2cc(-c3cnc(C4CC4)nc3)cnc2NC2CCCCO2)c1F. The summed E-state index contributed by atoms with van der Waals surface area (Å²) in [5.74, 6) is -3.38. The van der Waals surface area contributed by atoms with Gasteiger partial charge in [0.05, 0.1) is 5.56 Å². The highest BCUT2D eigenvalue weighted by molar-refractivity contribution is 8.00. The number of nitrogens with zero attached hydrogens (tertiary/aromatic N) is 3. The van der Waals surface area contributed by atoms with Crippen molar-refractivity contribution in [1.29, 1.82) is 5.41 Å². The van der Waals surface area contributed by atoms with Crippen molar-refractivity contribution < 1.29 is 22.7 Å². The van der Waals surface area contributed by atoms with E-state index in [1.54, 1.807) is 18.6 Å². The minimum Gasteiger partial charge on any atom is -0.359 e. The molecule has 12 heteroatoms. The predicted octanol–water partition coefficient (Wildman–Crippen LogP) is 6.49. The molecule has 1 aromatic carbocycles. The highest BCUT2D eigenvalue weighted by Gasteiger charge is 2.30. The van der Waals surface area contributed by atoms with E-state index in [1.807, 2.05) is 6.92 Å². The lowest BCUT2D eigenvalue weighted by atomic mass is 9.97. The lowest BCUT2D eigenvalue weighted by molar-refractivity contribution is 0.0341. The van der Waals surface area contributed by atoms with Gasteiger partial charge in [-0.15, -0.1) is 0 Å². The zero-order chi connectivity index (χ0) is 28.2. The molecule has 5 rings (SSSR count). The second-order valence-corrected chi connectivity index (χ2v) is 10.7. The zero-order valence-corrected chi connectivity index (χ0v) is 22.7. The molecule has 3 aromatic rings. The van der Waals surface area contributed by atoms with Crippen molar-refractivity contribution in [2.24, 2.45) is 0 Å². The first-order valence-corrected chi connectivity index (χ1v) is 14.2. The van der Waals surface area contributed by atoms with Crippen molar-refractivity contribution >= 4 is 34.9 Å². The lowest BCUT2D eigenvalue weighted by Crippen LogP contribution is -2.29. The Labute approximate surface area is 234 Å². The van der Waals surface area contributed by atoms with Crippen LogP contribution in [0.5, 0.6) is 0 Å². The molecular weight excluding hydrogens is 541 g/mol.